The number of fused-ring (bicyclic) bond motifs is 7. The van der Waals surface area contributed by atoms with E-state index < -0.39 is 59.5 Å². The van der Waals surface area contributed by atoms with Gasteiger partial charge in [0.25, 0.3) is 0 Å². The van der Waals surface area contributed by atoms with Gasteiger partial charge in [-0.25, -0.2) is 0 Å². The fourth-order valence-electron chi connectivity index (χ4n) is 11.9. The molecule has 0 bridgehead atoms. The summed E-state index contributed by atoms with van der Waals surface area (Å²) in [5.41, 5.74) is -1.21. The van der Waals surface area contributed by atoms with Gasteiger partial charge < -0.3 is 40.1 Å². The van der Waals surface area contributed by atoms with E-state index in [0.717, 1.165) is 32.1 Å². The van der Waals surface area contributed by atoms with Crippen molar-refractivity contribution in [2.24, 2.45) is 50.2 Å². The Morgan fingerprint density at radius 1 is 0.909 bits per heavy atom. The van der Waals surface area contributed by atoms with Crippen LogP contribution in [0.3, 0.4) is 0 Å². The number of hydrogen-bond acceptors (Lipinski definition) is 8. The fourth-order valence-corrected chi connectivity index (χ4v) is 11.9. The van der Waals surface area contributed by atoms with Crippen molar-refractivity contribution in [1.29, 1.82) is 0 Å². The molecule has 1 saturated heterocycles. The average molecular weight is 621 g/mol. The minimum atomic E-state index is -1.38. The molecule has 0 spiro atoms. The highest BCUT2D eigenvalue weighted by Crippen LogP contribution is 2.76. The predicted molar refractivity (Wildman–Crippen MR) is 162 cm³/mol. The van der Waals surface area contributed by atoms with Gasteiger partial charge in [-0.2, -0.15) is 0 Å². The van der Waals surface area contributed by atoms with Crippen molar-refractivity contribution in [3.63, 3.8) is 0 Å². The summed E-state index contributed by atoms with van der Waals surface area (Å²) in [6, 6.07) is 0. The molecule has 0 radical (unpaired) electrons. The molecule has 0 aromatic rings. The molecule has 6 aliphatic rings. The first-order chi connectivity index (χ1) is 20.4. The van der Waals surface area contributed by atoms with Crippen LogP contribution in [0, 0.1) is 50.2 Å². The Balaban J connectivity index is 1.34. The Kier molecular flexibility index (Phi) is 7.81. The molecule has 1 aliphatic heterocycles. The number of hydrogen-bond donors (Lipinski definition) is 6. The van der Waals surface area contributed by atoms with E-state index in [9.17, 15) is 35.4 Å². The molecule has 1 heterocycles. The van der Waals surface area contributed by atoms with Crippen LogP contribution in [0.4, 0.5) is 0 Å². The third-order valence-corrected chi connectivity index (χ3v) is 15.1. The summed E-state index contributed by atoms with van der Waals surface area (Å²) in [6.07, 6.45) is 3.02. The molecule has 6 N–H and O–H groups in total. The summed E-state index contributed by atoms with van der Waals surface area (Å²) in [5.74, 6) is -0.732. The second-order valence-corrected chi connectivity index (χ2v) is 17.2. The maximum absolute atomic E-state index is 13.0. The zero-order chi connectivity index (χ0) is 32.3. The monoisotopic (exact) mass is 620 g/mol. The van der Waals surface area contributed by atoms with E-state index in [2.05, 4.69) is 47.6 Å². The number of allylic oxidation sites excluding steroid dienone is 1. The molecule has 14 atom stereocenters. The molecule has 5 fully saturated rings. The zero-order valence-electron chi connectivity index (χ0n) is 27.5. The number of carbonyl (C=O) groups is 1. The first-order valence-electron chi connectivity index (χ1n) is 17.0. The Labute approximate surface area is 262 Å². The molecule has 6 rings (SSSR count). The van der Waals surface area contributed by atoms with Crippen LogP contribution in [0.5, 0.6) is 0 Å². The van der Waals surface area contributed by atoms with Crippen molar-refractivity contribution >= 4 is 5.97 Å². The highest BCUT2D eigenvalue weighted by Gasteiger charge is 2.71. The highest BCUT2D eigenvalue weighted by molar-refractivity contribution is 5.77. The highest BCUT2D eigenvalue weighted by atomic mass is 16.7. The van der Waals surface area contributed by atoms with E-state index >= 15 is 0 Å². The first-order valence-corrected chi connectivity index (χ1v) is 17.0. The molecule has 14 unspecified atom stereocenters. The van der Waals surface area contributed by atoms with Crippen LogP contribution in [0.1, 0.15) is 99.3 Å². The van der Waals surface area contributed by atoms with Crippen molar-refractivity contribution in [1.82, 2.24) is 0 Å². The fraction of sp³-hybridized carbons (Fsp3) is 0.914. The first kappa shape index (κ1) is 32.9. The van der Waals surface area contributed by atoms with E-state index in [1.54, 1.807) is 0 Å². The van der Waals surface area contributed by atoms with E-state index in [0.29, 0.717) is 31.6 Å². The molecule has 44 heavy (non-hydrogen) atoms. The standard InChI is InChI=1S/C35H56O9/c1-30(2)13-15-35(29(41)42)16-14-33(5)19(24(35)27(30)40)7-8-22-31(3)11-10-23(44-28-26(39)25(38)20(37)17-43-28)32(4,18-36)21(31)9-12-34(22,33)6/h7,20-28,36-40H,8-18H2,1-6H3,(H,41,42). The van der Waals surface area contributed by atoms with Gasteiger partial charge in [0.05, 0.1) is 30.8 Å². The van der Waals surface area contributed by atoms with Gasteiger partial charge in [-0.05, 0) is 91.3 Å². The molecule has 0 aromatic heterocycles. The SMILES string of the molecule is CC1(C)CCC2(C(=O)O)CCC3(C)C(=CCC4C5(C)CCC(OC6OCC(O)C(O)C6O)C(C)(CO)C5CCC43C)C2C1O. The van der Waals surface area contributed by atoms with Gasteiger partial charge in [-0.1, -0.05) is 53.2 Å². The largest absolute Gasteiger partial charge is 0.481 e. The van der Waals surface area contributed by atoms with Crippen molar-refractivity contribution in [2.75, 3.05) is 13.2 Å². The number of carboxylic acid groups (broad SMARTS) is 1. The number of aliphatic carboxylic acids is 1. The summed E-state index contributed by atoms with van der Waals surface area (Å²) in [7, 11) is 0. The number of rotatable bonds is 4. The minimum absolute atomic E-state index is 0.0851. The number of aliphatic hydroxyl groups is 5. The topological polar surface area (TPSA) is 157 Å². The quantitative estimate of drug-likeness (QED) is 0.204. The molecule has 9 heteroatoms. The lowest BCUT2D eigenvalue weighted by Crippen LogP contribution is -2.67. The summed E-state index contributed by atoms with van der Waals surface area (Å²) in [4.78, 5) is 13.0. The second kappa shape index (κ2) is 10.5. The Morgan fingerprint density at radius 2 is 1.59 bits per heavy atom. The third-order valence-electron chi connectivity index (χ3n) is 15.1. The number of ether oxygens (including phenoxy) is 2. The van der Waals surface area contributed by atoms with Crippen molar-refractivity contribution < 1.29 is 44.9 Å². The van der Waals surface area contributed by atoms with E-state index in [-0.39, 0.29) is 40.8 Å². The van der Waals surface area contributed by atoms with Crippen LogP contribution in [-0.2, 0) is 14.3 Å². The number of carboxylic acids is 1. The average Bonchev–Trinajstić information content (AvgIpc) is 2.96. The summed E-state index contributed by atoms with van der Waals surface area (Å²) < 4.78 is 12.0. The van der Waals surface area contributed by atoms with Crippen LogP contribution in [0.25, 0.3) is 0 Å². The molecule has 5 aliphatic carbocycles. The van der Waals surface area contributed by atoms with Crippen molar-refractivity contribution in [3.8, 4) is 0 Å². The normalized spacial score (nSPS) is 55.1. The van der Waals surface area contributed by atoms with Gasteiger partial charge in [0.2, 0.25) is 0 Å². The maximum Gasteiger partial charge on any atom is 0.310 e. The lowest BCUT2D eigenvalue weighted by atomic mass is 9.33. The van der Waals surface area contributed by atoms with Crippen LogP contribution in [-0.4, -0.2) is 86.6 Å². The summed E-state index contributed by atoms with van der Waals surface area (Å²) in [5, 5.41) is 64.2. The molecule has 9 nitrogen and oxygen atoms in total. The van der Waals surface area contributed by atoms with Gasteiger partial charge in [0.1, 0.15) is 18.3 Å². The van der Waals surface area contributed by atoms with Crippen LogP contribution in [0.15, 0.2) is 11.6 Å². The Morgan fingerprint density at radius 3 is 2.25 bits per heavy atom. The lowest BCUT2D eigenvalue weighted by molar-refractivity contribution is -0.312. The maximum atomic E-state index is 13.0. The van der Waals surface area contributed by atoms with Gasteiger partial charge in [-0.15, -0.1) is 0 Å². The number of aliphatic hydroxyl groups excluding tert-OH is 5. The van der Waals surface area contributed by atoms with Crippen LogP contribution in [0.2, 0.25) is 0 Å². The lowest BCUT2D eigenvalue weighted by Gasteiger charge is -2.71. The van der Waals surface area contributed by atoms with Gasteiger partial charge in [-0.3, -0.25) is 4.79 Å². The van der Waals surface area contributed by atoms with Gasteiger partial charge >= 0.3 is 5.97 Å². The second-order valence-electron chi connectivity index (χ2n) is 17.2. The molecule has 4 saturated carbocycles. The summed E-state index contributed by atoms with van der Waals surface area (Å²) in [6.45, 7) is 13.2. The zero-order valence-corrected chi connectivity index (χ0v) is 27.5. The van der Waals surface area contributed by atoms with Gasteiger partial charge in [0, 0.05) is 11.3 Å². The smallest absolute Gasteiger partial charge is 0.310 e. The minimum Gasteiger partial charge on any atom is -0.481 e. The Bertz CT molecular complexity index is 1190. The van der Waals surface area contributed by atoms with E-state index in [4.69, 9.17) is 9.47 Å². The molecular weight excluding hydrogens is 564 g/mol. The van der Waals surface area contributed by atoms with E-state index in [1.165, 1.54) is 5.57 Å². The van der Waals surface area contributed by atoms with Crippen LogP contribution < -0.4 is 0 Å². The molecular formula is C35H56O9. The van der Waals surface area contributed by atoms with Crippen molar-refractivity contribution in [3.05, 3.63) is 11.6 Å². The van der Waals surface area contributed by atoms with Gasteiger partial charge in [0.15, 0.2) is 6.29 Å². The van der Waals surface area contributed by atoms with E-state index in [1.807, 2.05) is 0 Å². The molecule has 0 amide bonds. The molecule has 250 valence electrons. The summed E-state index contributed by atoms with van der Waals surface area (Å²) >= 11 is 0. The van der Waals surface area contributed by atoms with Crippen molar-refractivity contribution in [2.45, 2.75) is 136 Å². The third kappa shape index (κ3) is 4.18. The Hall–Kier alpha value is -1.07. The van der Waals surface area contributed by atoms with Crippen LogP contribution >= 0.6 is 0 Å². The predicted octanol–water partition coefficient (Wildman–Crippen LogP) is 3.64. The molecule has 0 aromatic carbocycles.